The van der Waals surface area contributed by atoms with Crippen LogP contribution in [-0.2, 0) is 4.74 Å². The second kappa shape index (κ2) is 8.24. The molecule has 0 saturated carbocycles. The second-order valence-corrected chi connectivity index (χ2v) is 5.27. The predicted octanol–water partition coefficient (Wildman–Crippen LogP) is 1.30. The lowest BCUT2D eigenvalue weighted by molar-refractivity contribution is 0.146. The van der Waals surface area contributed by atoms with Gasteiger partial charge in [-0.1, -0.05) is 0 Å². The van der Waals surface area contributed by atoms with Gasteiger partial charge in [0.25, 0.3) is 0 Å². The van der Waals surface area contributed by atoms with Crippen LogP contribution in [0.3, 0.4) is 0 Å². The molecule has 1 unspecified atom stereocenters. The van der Waals surface area contributed by atoms with E-state index in [2.05, 4.69) is 36.7 Å². The van der Waals surface area contributed by atoms with Gasteiger partial charge < -0.3 is 9.96 Å². The van der Waals surface area contributed by atoms with Crippen molar-refractivity contribution in [1.82, 2.24) is 5.23 Å². The van der Waals surface area contributed by atoms with E-state index in [0.29, 0.717) is 4.42 Å². The molecule has 0 aliphatic carbocycles. The number of nitrogens with one attached hydrogen (secondary N) is 1. The highest BCUT2D eigenvalue weighted by Gasteiger charge is 1.97. The monoisotopic (exact) mass is 273 g/mol. The van der Waals surface area contributed by atoms with Crippen molar-refractivity contribution in [3.63, 3.8) is 0 Å². The zero-order chi connectivity index (χ0) is 7.82. The Hall–Kier alpha value is 1.14. The molecule has 5 heteroatoms. The van der Waals surface area contributed by atoms with E-state index in [0.717, 1.165) is 26.2 Å². The fourth-order valence-electron chi connectivity index (χ4n) is 0.559. The second-order valence-electron chi connectivity index (χ2n) is 1.91. The van der Waals surface area contributed by atoms with Gasteiger partial charge in [0, 0.05) is 13.2 Å². The Morgan fingerprint density at radius 1 is 1.70 bits per heavy atom. The molecule has 60 valence electrons. The quantitative estimate of drug-likeness (QED) is 0.341. The summed E-state index contributed by atoms with van der Waals surface area (Å²) in [5, 5.41) is 3.27. The lowest BCUT2D eigenvalue weighted by Gasteiger charge is -2.03. The van der Waals surface area contributed by atoms with Crippen LogP contribution in [0.5, 0.6) is 0 Å². The summed E-state index contributed by atoms with van der Waals surface area (Å²) >= 11 is 2.31. The van der Waals surface area contributed by atoms with E-state index in [-0.39, 0.29) is 0 Å². The standard InChI is InChI=1S/C5H14BINOP/c1-2-9-5-3-4-8-6(7)10/h8H,2-5,10H2,1H3. The molecule has 0 aromatic heterocycles. The molecule has 0 bridgehead atoms. The van der Waals surface area contributed by atoms with E-state index in [9.17, 15) is 0 Å². The highest BCUT2D eigenvalue weighted by molar-refractivity contribution is 14.1. The summed E-state index contributed by atoms with van der Waals surface area (Å²) in [5.41, 5.74) is 0. The molecule has 0 rings (SSSR count). The molecule has 0 aliphatic heterocycles. The van der Waals surface area contributed by atoms with Gasteiger partial charge >= 0.3 is 4.42 Å². The van der Waals surface area contributed by atoms with Crippen LogP contribution >= 0.6 is 31.5 Å². The van der Waals surface area contributed by atoms with Crippen molar-refractivity contribution in [3.05, 3.63) is 0 Å². The lowest BCUT2D eigenvalue weighted by atomic mass is 10.3. The Kier molecular flexibility index (Phi) is 9.19. The van der Waals surface area contributed by atoms with E-state index in [1.165, 1.54) is 0 Å². The van der Waals surface area contributed by atoms with Gasteiger partial charge in [0.15, 0.2) is 0 Å². The molecule has 1 N–H and O–H groups in total. The highest BCUT2D eigenvalue weighted by atomic mass is 127. The van der Waals surface area contributed by atoms with Crippen LogP contribution < -0.4 is 5.23 Å². The average molecular weight is 273 g/mol. The van der Waals surface area contributed by atoms with E-state index in [1.807, 2.05) is 6.92 Å². The van der Waals surface area contributed by atoms with Crippen molar-refractivity contribution in [2.45, 2.75) is 13.3 Å². The minimum absolute atomic E-state index is 0.485. The maximum Gasteiger partial charge on any atom is 0.316 e. The first-order valence-electron chi connectivity index (χ1n) is 3.48. The van der Waals surface area contributed by atoms with Crippen LogP contribution in [0.1, 0.15) is 13.3 Å². The van der Waals surface area contributed by atoms with Gasteiger partial charge in [0.05, 0.1) is 0 Å². The molecule has 0 heterocycles. The molecule has 2 nitrogen and oxygen atoms in total. The molecular weight excluding hydrogens is 259 g/mol. The van der Waals surface area contributed by atoms with Gasteiger partial charge in [-0.2, -0.15) is 0 Å². The summed E-state index contributed by atoms with van der Waals surface area (Å²) in [6.45, 7) is 4.76. The first-order valence-corrected chi connectivity index (χ1v) is 5.39. The fourth-order valence-corrected chi connectivity index (χ4v) is 1.04. The third kappa shape index (κ3) is 9.14. The van der Waals surface area contributed by atoms with Gasteiger partial charge in [-0.3, -0.25) is 0 Å². The van der Waals surface area contributed by atoms with Gasteiger partial charge in [-0.05, 0) is 19.9 Å². The Morgan fingerprint density at radius 2 is 2.40 bits per heavy atom. The van der Waals surface area contributed by atoms with Crippen LogP contribution in [0, 0.1) is 0 Å². The SMILES string of the molecule is CCOCCCNB(P)I. The molecule has 1 atom stereocenters. The smallest absolute Gasteiger partial charge is 0.316 e. The zero-order valence-corrected chi connectivity index (χ0v) is 9.58. The topological polar surface area (TPSA) is 21.3 Å². The van der Waals surface area contributed by atoms with Crippen LogP contribution in [0.25, 0.3) is 0 Å². The maximum absolute atomic E-state index is 5.17. The summed E-state index contributed by atoms with van der Waals surface area (Å²) in [4.78, 5) is 0. The van der Waals surface area contributed by atoms with Gasteiger partial charge in [-0.15, -0.1) is 31.5 Å². The molecule has 0 saturated heterocycles. The summed E-state index contributed by atoms with van der Waals surface area (Å²) in [5.74, 6) is 0. The van der Waals surface area contributed by atoms with Crippen molar-refractivity contribution in [1.29, 1.82) is 0 Å². The van der Waals surface area contributed by atoms with Crippen molar-refractivity contribution < 1.29 is 4.74 Å². The van der Waals surface area contributed by atoms with Gasteiger partial charge in [-0.25, -0.2) is 0 Å². The molecule has 0 aromatic rings. The Balaban J connectivity index is 2.77. The Morgan fingerprint density at radius 3 is 2.90 bits per heavy atom. The molecule has 0 aromatic carbocycles. The fraction of sp³-hybridized carbons (Fsp3) is 1.00. The van der Waals surface area contributed by atoms with E-state index in [4.69, 9.17) is 4.74 Å². The molecule has 0 spiro atoms. The van der Waals surface area contributed by atoms with Crippen LogP contribution in [-0.4, -0.2) is 24.2 Å². The average Bonchev–Trinajstić information content (AvgIpc) is 1.87. The van der Waals surface area contributed by atoms with Crippen LogP contribution in [0.2, 0.25) is 0 Å². The first-order chi connectivity index (χ1) is 4.77. The number of hydrogen-bond donors (Lipinski definition) is 1. The lowest BCUT2D eigenvalue weighted by Crippen LogP contribution is -2.23. The largest absolute Gasteiger partial charge is 0.382 e. The predicted molar refractivity (Wildman–Crippen MR) is 58.6 cm³/mol. The van der Waals surface area contributed by atoms with Crippen LogP contribution in [0.15, 0.2) is 0 Å². The molecular formula is C5H14BINOP. The van der Waals surface area contributed by atoms with Gasteiger partial charge in [0.1, 0.15) is 0 Å². The number of halogens is 1. The summed E-state index contributed by atoms with van der Waals surface area (Å²) in [7, 11) is 2.69. The summed E-state index contributed by atoms with van der Waals surface area (Å²) < 4.78 is 5.65. The van der Waals surface area contributed by atoms with Crippen molar-refractivity contribution in [2.75, 3.05) is 19.8 Å². The minimum Gasteiger partial charge on any atom is -0.382 e. The van der Waals surface area contributed by atoms with Crippen molar-refractivity contribution in [3.8, 4) is 0 Å². The normalized spacial score (nSPS) is 9.90. The van der Waals surface area contributed by atoms with E-state index < -0.39 is 0 Å². The van der Waals surface area contributed by atoms with Crippen molar-refractivity contribution >= 4 is 35.9 Å². The number of hydrogen-bond acceptors (Lipinski definition) is 2. The summed E-state index contributed by atoms with van der Waals surface area (Å²) in [6.07, 6.45) is 1.10. The molecule has 10 heavy (non-hydrogen) atoms. The summed E-state index contributed by atoms with van der Waals surface area (Å²) in [6, 6.07) is 0. The molecule has 0 fully saturated rings. The molecule has 0 aliphatic rings. The van der Waals surface area contributed by atoms with Crippen LogP contribution in [0.4, 0.5) is 0 Å². The Labute approximate surface area is 79.0 Å². The minimum atomic E-state index is 0.485. The number of rotatable bonds is 6. The number of ether oxygens (including phenoxy) is 1. The van der Waals surface area contributed by atoms with E-state index in [1.54, 1.807) is 0 Å². The Bertz CT molecular complexity index is 76.7. The first kappa shape index (κ1) is 11.1. The third-order valence-corrected chi connectivity index (χ3v) is 1.69. The highest BCUT2D eigenvalue weighted by Crippen LogP contribution is 1.97. The third-order valence-electron chi connectivity index (χ3n) is 1.01. The maximum atomic E-state index is 5.17. The van der Waals surface area contributed by atoms with Gasteiger partial charge in [0.2, 0.25) is 0 Å². The molecule has 0 amide bonds. The van der Waals surface area contributed by atoms with E-state index >= 15 is 0 Å². The zero-order valence-electron chi connectivity index (χ0n) is 6.27. The van der Waals surface area contributed by atoms with Crippen molar-refractivity contribution in [2.24, 2.45) is 0 Å². The molecule has 0 radical (unpaired) electrons.